The molecule has 2 heteroatoms. The minimum absolute atomic E-state index is 0.0357. The van der Waals surface area contributed by atoms with Crippen LogP contribution < -0.4 is 5.73 Å². The van der Waals surface area contributed by atoms with Crippen LogP contribution in [0, 0.1) is 6.92 Å². The summed E-state index contributed by atoms with van der Waals surface area (Å²) in [5.74, 6) is 0. The Morgan fingerprint density at radius 1 is 1.33 bits per heavy atom. The highest BCUT2D eigenvalue weighted by Crippen LogP contribution is 2.20. The van der Waals surface area contributed by atoms with Crippen LogP contribution in [0.25, 0.3) is 0 Å². The predicted octanol–water partition coefficient (Wildman–Crippen LogP) is 1.89. The second kappa shape index (κ2) is 5.55. The summed E-state index contributed by atoms with van der Waals surface area (Å²) in [6.45, 7) is 4.51. The first-order valence-corrected chi connectivity index (χ1v) is 4.99. The van der Waals surface area contributed by atoms with Gasteiger partial charge in [-0.3, -0.25) is 0 Å². The van der Waals surface area contributed by atoms with Crippen molar-refractivity contribution in [3.8, 4) is 0 Å². The smallest absolute Gasteiger partial charge is 0.0575 e. The van der Waals surface area contributed by atoms with Crippen LogP contribution in [0.5, 0.6) is 0 Å². The molecule has 1 fully saturated rings. The van der Waals surface area contributed by atoms with Crippen LogP contribution >= 0.6 is 0 Å². The van der Waals surface area contributed by atoms with Gasteiger partial charge in [0, 0.05) is 12.6 Å². The van der Waals surface area contributed by atoms with Gasteiger partial charge in [-0.25, -0.2) is 0 Å². The van der Waals surface area contributed by atoms with Crippen molar-refractivity contribution in [2.24, 2.45) is 5.73 Å². The zero-order chi connectivity index (χ0) is 8.81. The number of ether oxygens (including phenoxy) is 1. The molecule has 1 aliphatic carbocycles. The Hall–Kier alpha value is -0.0800. The number of rotatable bonds is 4. The van der Waals surface area contributed by atoms with Gasteiger partial charge in [-0.15, -0.1) is 0 Å². The van der Waals surface area contributed by atoms with Gasteiger partial charge in [0.25, 0.3) is 0 Å². The molecule has 0 aliphatic heterocycles. The number of nitrogens with two attached hydrogens (primary N) is 1. The van der Waals surface area contributed by atoms with Crippen LogP contribution in [0.4, 0.5) is 0 Å². The van der Waals surface area contributed by atoms with E-state index in [4.69, 9.17) is 10.5 Å². The largest absolute Gasteiger partial charge is 0.378 e. The number of hydrogen-bond acceptors (Lipinski definition) is 2. The molecule has 0 heterocycles. The summed E-state index contributed by atoms with van der Waals surface area (Å²) in [7, 11) is 0. The summed E-state index contributed by atoms with van der Waals surface area (Å²) < 4.78 is 5.67. The van der Waals surface area contributed by atoms with E-state index in [0.717, 1.165) is 13.0 Å². The average Bonchev–Trinajstić information content (AvgIpc) is 2.05. The summed E-state index contributed by atoms with van der Waals surface area (Å²) in [6.07, 6.45) is 7.93. The molecule has 12 heavy (non-hydrogen) atoms. The van der Waals surface area contributed by atoms with Gasteiger partial charge in [0.15, 0.2) is 0 Å². The first kappa shape index (κ1) is 10.0. The van der Waals surface area contributed by atoms with Gasteiger partial charge in [-0.1, -0.05) is 19.3 Å². The van der Waals surface area contributed by atoms with Crippen molar-refractivity contribution >= 4 is 0 Å². The van der Waals surface area contributed by atoms with E-state index in [2.05, 4.69) is 6.92 Å². The monoisotopic (exact) mass is 170 g/mol. The van der Waals surface area contributed by atoms with Crippen molar-refractivity contribution in [1.29, 1.82) is 0 Å². The van der Waals surface area contributed by atoms with Crippen LogP contribution in [0.15, 0.2) is 0 Å². The summed E-state index contributed by atoms with van der Waals surface area (Å²) in [5.41, 5.74) is 5.52. The highest BCUT2D eigenvalue weighted by Gasteiger charge is 2.13. The summed E-state index contributed by atoms with van der Waals surface area (Å²) in [4.78, 5) is 0. The lowest BCUT2D eigenvalue weighted by molar-refractivity contribution is 0.0261. The molecular formula is C10H20NO. The van der Waals surface area contributed by atoms with Gasteiger partial charge in [0.2, 0.25) is 0 Å². The Morgan fingerprint density at radius 2 is 2.00 bits per heavy atom. The Labute approximate surface area is 75.5 Å². The van der Waals surface area contributed by atoms with Crippen LogP contribution in [0.3, 0.4) is 0 Å². The van der Waals surface area contributed by atoms with Crippen molar-refractivity contribution in [3.05, 3.63) is 6.92 Å². The maximum Gasteiger partial charge on any atom is 0.0575 e. The first-order valence-electron chi connectivity index (χ1n) is 4.99. The Bertz CT molecular complexity index is 108. The van der Waals surface area contributed by atoms with Crippen LogP contribution in [-0.2, 0) is 4.74 Å². The highest BCUT2D eigenvalue weighted by molar-refractivity contribution is 4.66. The van der Waals surface area contributed by atoms with E-state index in [1.807, 2.05) is 0 Å². The zero-order valence-corrected chi connectivity index (χ0v) is 7.80. The Morgan fingerprint density at radius 3 is 2.58 bits per heavy atom. The molecule has 1 radical (unpaired) electrons. The van der Waals surface area contributed by atoms with Crippen molar-refractivity contribution in [1.82, 2.24) is 0 Å². The topological polar surface area (TPSA) is 35.2 Å². The lowest BCUT2D eigenvalue weighted by Gasteiger charge is -2.22. The summed E-state index contributed by atoms with van der Waals surface area (Å²) >= 11 is 0. The quantitative estimate of drug-likeness (QED) is 0.699. The highest BCUT2D eigenvalue weighted by atomic mass is 16.5. The molecule has 1 atom stereocenters. The predicted molar refractivity (Wildman–Crippen MR) is 50.8 cm³/mol. The van der Waals surface area contributed by atoms with Crippen molar-refractivity contribution in [2.75, 3.05) is 6.61 Å². The molecule has 0 spiro atoms. The van der Waals surface area contributed by atoms with Gasteiger partial charge in [-0.05, 0) is 26.2 Å². The molecule has 0 aromatic heterocycles. The van der Waals surface area contributed by atoms with E-state index in [1.54, 1.807) is 0 Å². The Balaban J connectivity index is 1.98. The van der Waals surface area contributed by atoms with Crippen molar-refractivity contribution in [2.45, 2.75) is 50.7 Å². The van der Waals surface area contributed by atoms with Gasteiger partial charge in [0.1, 0.15) is 0 Å². The molecule has 0 bridgehead atoms. The van der Waals surface area contributed by atoms with E-state index in [1.165, 1.54) is 32.1 Å². The third-order valence-electron chi connectivity index (χ3n) is 2.39. The lowest BCUT2D eigenvalue weighted by Crippen LogP contribution is -2.22. The van der Waals surface area contributed by atoms with E-state index in [-0.39, 0.29) is 6.04 Å². The van der Waals surface area contributed by atoms with Crippen LogP contribution in [0.2, 0.25) is 0 Å². The van der Waals surface area contributed by atoms with Gasteiger partial charge in [0.05, 0.1) is 6.10 Å². The first-order chi connectivity index (χ1) is 5.79. The average molecular weight is 170 g/mol. The Kier molecular flexibility index (Phi) is 4.62. The van der Waals surface area contributed by atoms with E-state index < -0.39 is 0 Å². The normalized spacial score (nSPS) is 22.5. The molecule has 0 aromatic rings. The van der Waals surface area contributed by atoms with Gasteiger partial charge >= 0.3 is 0 Å². The third kappa shape index (κ3) is 4.07. The molecule has 0 saturated heterocycles. The van der Waals surface area contributed by atoms with E-state index >= 15 is 0 Å². The number of hydrogen-bond donors (Lipinski definition) is 1. The standard InChI is InChI=1S/C10H20NO/c1-9(11)7-8-12-10-5-3-2-4-6-10/h9-10H,1-8,11H2. The molecule has 1 aliphatic rings. The summed E-state index contributed by atoms with van der Waals surface area (Å²) in [5, 5.41) is 0. The van der Waals surface area contributed by atoms with Crippen molar-refractivity contribution in [3.63, 3.8) is 0 Å². The van der Waals surface area contributed by atoms with E-state index in [0.29, 0.717) is 6.10 Å². The minimum Gasteiger partial charge on any atom is -0.378 e. The zero-order valence-electron chi connectivity index (χ0n) is 7.80. The molecule has 1 saturated carbocycles. The fraction of sp³-hybridized carbons (Fsp3) is 0.900. The van der Waals surface area contributed by atoms with Crippen LogP contribution in [0.1, 0.15) is 38.5 Å². The molecule has 2 N–H and O–H groups in total. The fourth-order valence-corrected chi connectivity index (χ4v) is 1.62. The van der Waals surface area contributed by atoms with Gasteiger partial charge in [-0.2, -0.15) is 0 Å². The molecule has 71 valence electrons. The van der Waals surface area contributed by atoms with Crippen molar-refractivity contribution < 1.29 is 4.74 Å². The SMILES string of the molecule is [CH2]C(N)CCOC1CCCCC1. The van der Waals surface area contributed by atoms with E-state index in [9.17, 15) is 0 Å². The second-order valence-electron chi connectivity index (χ2n) is 3.68. The van der Waals surface area contributed by atoms with Gasteiger partial charge < -0.3 is 10.5 Å². The molecule has 0 aromatic carbocycles. The third-order valence-corrected chi connectivity index (χ3v) is 2.39. The maximum absolute atomic E-state index is 5.67. The second-order valence-corrected chi connectivity index (χ2v) is 3.68. The minimum atomic E-state index is 0.0357. The molecule has 2 nitrogen and oxygen atoms in total. The summed E-state index contributed by atoms with van der Waals surface area (Å²) in [6, 6.07) is 0.0357. The molecular weight excluding hydrogens is 150 g/mol. The maximum atomic E-state index is 5.67. The molecule has 0 amide bonds. The molecule has 1 unspecified atom stereocenters. The molecule has 1 rings (SSSR count). The van der Waals surface area contributed by atoms with Crippen LogP contribution in [-0.4, -0.2) is 18.8 Å². The fourth-order valence-electron chi connectivity index (χ4n) is 1.62. The lowest BCUT2D eigenvalue weighted by atomic mass is 9.98.